The molecule has 1 saturated heterocycles. The highest BCUT2D eigenvalue weighted by atomic mass is 16.5. The molecule has 0 N–H and O–H groups in total. The lowest BCUT2D eigenvalue weighted by Gasteiger charge is -2.37. The van der Waals surface area contributed by atoms with E-state index in [1.165, 1.54) is 16.2 Å². The molecule has 174 valence electrons. The first-order valence-corrected chi connectivity index (χ1v) is 11.8. The second kappa shape index (κ2) is 10.2. The summed E-state index contributed by atoms with van der Waals surface area (Å²) >= 11 is 0. The molecular weight excluding hydrogens is 414 g/mol. The van der Waals surface area contributed by atoms with Crippen molar-refractivity contribution in [3.63, 3.8) is 0 Å². The second-order valence-electron chi connectivity index (χ2n) is 8.72. The Balaban J connectivity index is 1.57. The highest BCUT2D eigenvalue weighted by Crippen LogP contribution is 2.33. The molecule has 6 heteroatoms. The third kappa shape index (κ3) is 4.96. The SMILES string of the molecule is CCOCCCN1C(=O)C(c2ccc(C)cc2)=C(N2CCN(c3cccc(C)c3)CC2)C1=O. The molecule has 4 rings (SSSR count). The number of hydrogen-bond donors (Lipinski definition) is 0. The third-order valence-electron chi connectivity index (χ3n) is 6.32. The fourth-order valence-corrected chi connectivity index (χ4v) is 4.52. The Bertz CT molecular complexity index is 1040. The van der Waals surface area contributed by atoms with Crippen molar-refractivity contribution in [1.29, 1.82) is 0 Å². The smallest absolute Gasteiger partial charge is 0.277 e. The van der Waals surface area contributed by atoms with E-state index in [1.54, 1.807) is 0 Å². The molecule has 6 nitrogen and oxygen atoms in total. The van der Waals surface area contributed by atoms with Gasteiger partial charge in [0.25, 0.3) is 11.8 Å². The number of aryl methyl sites for hydroxylation is 2. The molecule has 2 amide bonds. The molecule has 0 aromatic heterocycles. The standard InChI is InChI=1S/C27H33N3O3/c1-4-33-18-6-13-30-26(31)24(22-11-9-20(2)10-12-22)25(27(30)32)29-16-14-28(15-17-29)23-8-5-7-21(3)19-23/h5,7-12,19H,4,6,13-18H2,1-3H3. The summed E-state index contributed by atoms with van der Waals surface area (Å²) in [6, 6.07) is 16.4. The average molecular weight is 448 g/mol. The van der Waals surface area contributed by atoms with Gasteiger partial charge in [0.15, 0.2) is 0 Å². The van der Waals surface area contributed by atoms with E-state index in [-0.39, 0.29) is 11.8 Å². The number of rotatable bonds is 8. The van der Waals surface area contributed by atoms with Crippen molar-refractivity contribution in [1.82, 2.24) is 9.80 Å². The maximum Gasteiger partial charge on any atom is 0.277 e. The second-order valence-corrected chi connectivity index (χ2v) is 8.72. The van der Waals surface area contributed by atoms with E-state index in [0.29, 0.717) is 50.5 Å². The van der Waals surface area contributed by atoms with Crippen LogP contribution < -0.4 is 4.90 Å². The van der Waals surface area contributed by atoms with Gasteiger partial charge in [-0.15, -0.1) is 0 Å². The summed E-state index contributed by atoms with van der Waals surface area (Å²) in [6.07, 6.45) is 0.640. The molecule has 2 heterocycles. The van der Waals surface area contributed by atoms with Crippen molar-refractivity contribution in [3.05, 3.63) is 70.9 Å². The van der Waals surface area contributed by atoms with Gasteiger partial charge in [0.05, 0.1) is 5.57 Å². The number of hydrogen-bond acceptors (Lipinski definition) is 5. The van der Waals surface area contributed by atoms with Crippen LogP contribution in [-0.2, 0) is 14.3 Å². The normalized spacial score (nSPS) is 16.9. The van der Waals surface area contributed by atoms with Crippen molar-refractivity contribution in [3.8, 4) is 0 Å². The fraction of sp³-hybridized carbons (Fsp3) is 0.407. The summed E-state index contributed by atoms with van der Waals surface area (Å²) in [4.78, 5) is 32.7. The molecule has 2 aromatic rings. The molecule has 0 unspecified atom stereocenters. The van der Waals surface area contributed by atoms with Crippen molar-refractivity contribution in [2.45, 2.75) is 27.2 Å². The summed E-state index contributed by atoms with van der Waals surface area (Å²) in [6.45, 7) is 10.6. The number of imide groups is 1. The Labute approximate surface area is 196 Å². The minimum atomic E-state index is -0.198. The average Bonchev–Trinajstić information content (AvgIpc) is 3.07. The first-order valence-electron chi connectivity index (χ1n) is 11.8. The molecule has 0 aliphatic carbocycles. The highest BCUT2D eigenvalue weighted by molar-refractivity contribution is 6.35. The van der Waals surface area contributed by atoms with Gasteiger partial charge in [-0.25, -0.2) is 0 Å². The maximum atomic E-state index is 13.5. The molecule has 2 aromatic carbocycles. The first kappa shape index (κ1) is 23.1. The molecule has 1 fully saturated rings. The lowest BCUT2D eigenvalue weighted by atomic mass is 10.0. The first-order chi connectivity index (χ1) is 16.0. The zero-order valence-electron chi connectivity index (χ0n) is 19.8. The Hall–Kier alpha value is -3.12. The zero-order chi connectivity index (χ0) is 23.4. The van der Waals surface area contributed by atoms with Gasteiger partial charge in [-0.1, -0.05) is 42.0 Å². The number of benzene rings is 2. The predicted molar refractivity (Wildman–Crippen MR) is 131 cm³/mol. The summed E-state index contributed by atoms with van der Waals surface area (Å²) in [5.74, 6) is -0.382. The molecule has 2 aliphatic heterocycles. The minimum Gasteiger partial charge on any atom is -0.382 e. The summed E-state index contributed by atoms with van der Waals surface area (Å²) in [5.41, 5.74) is 5.44. The quantitative estimate of drug-likeness (QED) is 0.457. The van der Waals surface area contributed by atoms with Gasteiger partial charge in [-0.3, -0.25) is 14.5 Å². The molecule has 0 atom stereocenters. The van der Waals surface area contributed by atoms with Gasteiger partial charge in [0.1, 0.15) is 5.70 Å². The molecule has 33 heavy (non-hydrogen) atoms. The Morgan fingerprint density at radius 3 is 2.21 bits per heavy atom. The lowest BCUT2D eigenvalue weighted by molar-refractivity contribution is -0.137. The third-order valence-corrected chi connectivity index (χ3v) is 6.32. The van der Waals surface area contributed by atoms with Crippen molar-refractivity contribution in [2.24, 2.45) is 0 Å². The van der Waals surface area contributed by atoms with Crippen LogP contribution in [0, 0.1) is 13.8 Å². The number of carbonyl (C=O) groups is 2. The van der Waals surface area contributed by atoms with Crippen molar-refractivity contribution < 1.29 is 14.3 Å². The lowest BCUT2D eigenvalue weighted by Crippen LogP contribution is -2.47. The van der Waals surface area contributed by atoms with Crippen LogP contribution in [0.3, 0.4) is 0 Å². The van der Waals surface area contributed by atoms with Gasteiger partial charge in [0.2, 0.25) is 0 Å². The van der Waals surface area contributed by atoms with Crippen LogP contribution in [0.1, 0.15) is 30.0 Å². The molecular formula is C27H33N3O3. The van der Waals surface area contributed by atoms with E-state index in [2.05, 4.69) is 41.0 Å². The molecule has 0 spiro atoms. The van der Waals surface area contributed by atoms with Gasteiger partial charge in [-0.05, 0) is 50.5 Å². The number of carbonyl (C=O) groups excluding carboxylic acids is 2. The zero-order valence-corrected chi connectivity index (χ0v) is 19.8. The predicted octanol–water partition coefficient (Wildman–Crippen LogP) is 3.63. The number of anilines is 1. The molecule has 0 radical (unpaired) electrons. The molecule has 2 aliphatic rings. The van der Waals surface area contributed by atoms with Crippen LogP contribution in [0.25, 0.3) is 5.57 Å². The number of ether oxygens (including phenoxy) is 1. The Morgan fingerprint density at radius 2 is 1.55 bits per heavy atom. The van der Waals surface area contributed by atoms with Crippen molar-refractivity contribution >= 4 is 23.1 Å². The van der Waals surface area contributed by atoms with Gasteiger partial charge >= 0.3 is 0 Å². The molecule has 0 bridgehead atoms. The van der Waals surface area contributed by atoms with E-state index >= 15 is 0 Å². The topological polar surface area (TPSA) is 53.1 Å². The minimum absolute atomic E-state index is 0.184. The fourth-order valence-electron chi connectivity index (χ4n) is 4.52. The van der Waals surface area contributed by atoms with Crippen molar-refractivity contribution in [2.75, 3.05) is 50.8 Å². The number of amides is 2. The molecule has 0 saturated carbocycles. The maximum absolute atomic E-state index is 13.5. The van der Waals surface area contributed by atoms with E-state index < -0.39 is 0 Å². The van der Waals surface area contributed by atoms with Gasteiger partial charge in [0, 0.05) is 51.6 Å². The van der Waals surface area contributed by atoms with Crippen LogP contribution in [0.5, 0.6) is 0 Å². The van der Waals surface area contributed by atoms with Gasteiger partial charge in [-0.2, -0.15) is 0 Å². The van der Waals surface area contributed by atoms with E-state index in [9.17, 15) is 9.59 Å². The van der Waals surface area contributed by atoms with Gasteiger partial charge < -0.3 is 14.5 Å². The van der Waals surface area contributed by atoms with Crippen LogP contribution in [0.15, 0.2) is 54.2 Å². The van der Waals surface area contributed by atoms with Crippen LogP contribution >= 0.6 is 0 Å². The summed E-state index contributed by atoms with van der Waals surface area (Å²) in [7, 11) is 0. The van der Waals surface area contributed by atoms with Crippen LogP contribution in [-0.4, -0.2) is 67.6 Å². The number of nitrogens with zero attached hydrogens (tertiary/aromatic N) is 3. The van der Waals surface area contributed by atoms with E-state index in [1.807, 2.05) is 38.1 Å². The Kier molecular flexibility index (Phi) is 7.14. The van der Waals surface area contributed by atoms with Crippen LogP contribution in [0.2, 0.25) is 0 Å². The summed E-state index contributed by atoms with van der Waals surface area (Å²) < 4.78 is 5.42. The van der Waals surface area contributed by atoms with Crippen LogP contribution in [0.4, 0.5) is 5.69 Å². The highest BCUT2D eigenvalue weighted by Gasteiger charge is 2.41. The number of piperazine rings is 1. The Morgan fingerprint density at radius 1 is 0.848 bits per heavy atom. The largest absolute Gasteiger partial charge is 0.382 e. The monoisotopic (exact) mass is 447 g/mol. The summed E-state index contributed by atoms with van der Waals surface area (Å²) in [5, 5.41) is 0. The van der Waals surface area contributed by atoms with E-state index in [4.69, 9.17) is 4.74 Å². The van der Waals surface area contributed by atoms with E-state index in [0.717, 1.165) is 24.2 Å².